The summed E-state index contributed by atoms with van der Waals surface area (Å²) < 4.78 is 12.1. The molecular weight excluding hydrogens is 370 g/mol. The molecule has 140 valence electrons. The average Bonchev–Trinajstić information content (AvgIpc) is 3.08. The van der Waals surface area contributed by atoms with Crippen LogP contribution in [0.1, 0.15) is 22.5 Å². The number of rotatable bonds is 7. The molecule has 0 atom stereocenters. The van der Waals surface area contributed by atoms with Crippen LogP contribution in [0.15, 0.2) is 48.8 Å². The molecule has 0 aliphatic rings. The highest BCUT2D eigenvalue weighted by Gasteiger charge is 2.12. The number of halogens is 1. The van der Waals surface area contributed by atoms with Crippen molar-refractivity contribution in [2.45, 2.75) is 13.0 Å². The van der Waals surface area contributed by atoms with Gasteiger partial charge < -0.3 is 19.2 Å². The number of amides is 1. The Hall–Kier alpha value is -3.06. The molecule has 0 radical (unpaired) electrons. The number of carbonyl (C=O) groups is 2. The molecule has 0 saturated heterocycles. The van der Waals surface area contributed by atoms with Gasteiger partial charge in [0, 0.05) is 18.9 Å². The van der Waals surface area contributed by atoms with E-state index >= 15 is 0 Å². The van der Waals surface area contributed by atoms with Gasteiger partial charge in [0.05, 0.1) is 29.8 Å². The van der Waals surface area contributed by atoms with Gasteiger partial charge in [-0.2, -0.15) is 0 Å². The summed E-state index contributed by atoms with van der Waals surface area (Å²) in [5, 5.41) is 3.27. The molecule has 0 aliphatic heterocycles. The number of fused-ring (bicyclic) bond motifs is 1. The molecule has 0 aliphatic carbocycles. The van der Waals surface area contributed by atoms with Crippen LogP contribution in [-0.4, -0.2) is 34.9 Å². The Morgan fingerprint density at radius 3 is 2.81 bits per heavy atom. The topological polar surface area (TPSA) is 81.9 Å². The minimum absolute atomic E-state index is 0.0542. The third-order valence-corrected chi connectivity index (χ3v) is 4.04. The highest BCUT2D eigenvalue weighted by atomic mass is 35.5. The van der Waals surface area contributed by atoms with Gasteiger partial charge in [0.15, 0.2) is 0 Å². The molecule has 8 heteroatoms. The van der Waals surface area contributed by atoms with E-state index in [0.29, 0.717) is 22.0 Å². The van der Waals surface area contributed by atoms with E-state index < -0.39 is 5.97 Å². The molecule has 0 spiro atoms. The Balaban J connectivity index is 1.46. The summed E-state index contributed by atoms with van der Waals surface area (Å²) >= 11 is 5.93. The number of nitrogens with one attached hydrogen (secondary N) is 1. The van der Waals surface area contributed by atoms with Gasteiger partial charge in [-0.05, 0) is 24.3 Å². The lowest BCUT2D eigenvalue weighted by atomic mass is 10.2. The summed E-state index contributed by atoms with van der Waals surface area (Å²) in [4.78, 5) is 28.4. The molecule has 7 nitrogen and oxygen atoms in total. The van der Waals surface area contributed by atoms with Crippen molar-refractivity contribution in [3.63, 3.8) is 0 Å². The normalized spacial score (nSPS) is 10.6. The van der Waals surface area contributed by atoms with E-state index in [1.165, 1.54) is 7.11 Å². The van der Waals surface area contributed by atoms with Crippen LogP contribution in [0.3, 0.4) is 0 Å². The maximum absolute atomic E-state index is 12.1. The van der Waals surface area contributed by atoms with Crippen molar-refractivity contribution in [2.75, 3.05) is 13.7 Å². The standard InChI is InChI=1S/C19H18ClN3O4/c1-26-16-5-3-2-4-15(16)19(25)21-9-8-18(24)27-12-14-11-23-10-13(20)6-7-17(23)22-14/h2-7,10-11H,8-9,12H2,1H3,(H,21,25). The summed E-state index contributed by atoms with van der Waals surface area (Å²) in [7, 11) is 1.50. The summed E-state index contributed by atoms with van der Waals surface area (Å²) in [6.45, 7) is 0.217. The predicted molar refractivity (Wildman–Crippen MR) is 99.9 cm³/mol. The molecular formula is C19H18ClN3O4. The monoisotopic (exact) mass is 387 g/mol. The smallest absolute Gasteiger partial charge is 0.307 e. The molecule has 2 aromatic heterocycles. The zero-order chi connectivity index (χ0) is 19.2. The van der Waals surface area contributed by atoms with Crippen LogP contribution in [0.2, 0.25) is 5.02 Å². The van der Waals surface area contributed by atoms with Crippen molar-refractivity contribution in [2.24, 2.45) is 0 Å². The average molecular weight is 388 g/mol. The number of hydrogen-bond acceptors (Lipinski definition) is 5. The minimum Gasteiger partial charge on any atom is -0.496 e. The first-order valence-corrected chi connectivity index (χ1v) is 8.64. The zero-order valence-corrected chi connectivity index (χ0v) is 15.4. The van der Waals surface area contributed by atoms with E-state index in [2.05, 4.69) is 10.3 Å². The van der Waals surface area contributed by atoms with Crippen molar-refractivity contribution < 1.29 is 19.1 Å². The van der Waals surface area contributed by atoms with Gasteiger partial charge in [0.2, 0.25) is 0 Å². The van der Waals surface area contributed by atoms with Crippen LogP contribution in [0, 0.1) is 0 Å². The Morgan fingerprint density at radius 1 is 1.19 bits per heavy atom. The van der Waals surface area contributed by atoms with Gasteiger partial charge in [-0.15, -0.1) is 0 Å². The summed E-state index contributed by atoms with van der Waals surface area (Å²) in [6, 6.07) is 10.4. The Labute approximate surface area is 160 Å². The number of hydrogen-bond donors (Lipinski definition) is 1. The molecule has 0 unspecified atom stereocenters. The van der Waals surface area contributed by atoms with Crippen molar-refractivity contribution >= 4 is 29.1 Å². The molecule has 3 rings (SSSR count). The number of carbonyl (C=O) groups excluding carboxylic acids is 2. The minimum atomic E-state index is -0.426. The molecule has 1 aromatic carbocycles. The van der Waals surface area contributed by atoms with E-state index in [-0.39, 0.29) is 25.5 Å². The number of nitrogens with zero attached hydrogens (tertiary/aromatic N) is 2. The molecule has 2 heterocycles. The number of esters is 1. The fourth-order valence-corrected chi connectivity index (χ4v) is 2.69. The third kappa shape index (κ3) is 4.77. The van der Waals surface area contributed by atoms with E-state index in [9.17, 15) is 9.59 Å². The number of benzene rings is 1. The zero-order valence-electron chi connectivity index (χ0n) is 14.6. The molecule has 1 N–H and O–H groups in total. The maximum Gasteiger partial charge on any atom is 0.307 e. The Bertz CT molecular complexity index is 970. The van der Waals surface area contributed by atoms with E-state index in [0.717, 1.165) is 5.65 Å². The van der Waals surface area contributed by atoms with Gasteiger partial charge in [-0.1, -0.05) is 23.7 Å². The van der Waals surface area contributed by atoms with Crippen molar-refractivity contribution in [1.29, 1.82) is 0 Å². The van der Waals surface area contributed by atoms with Crippen LogP contribution in [0.25, 0.3) is 5.65 Å². The number of imidazole rings is 1. The lowest BCUT2D eigenvalue weighted by Gasteiger charge is -2.08. The number of aromatic nitrogens is 2. The quantitative estimate of drug-likeness (QED) is 0.630. The lowest BCUT2D eigenvalue weighted by Crippen LogP contribution is -2.26. The number of para-hydroxylation sites is 1. The molecule has 0 bridgehead atoms. The molecule has 1 amide bonds. The first kappa shape index (κ1) is 18.7. The summed E-state index contributed by atoms with van der Waals surface area (Å²) in [5.41, 5.74) is 1.75. The van der Waals surface area contributed by atoms with Gasteiger partial charge >= 0.3 is 5.97 Å². The van der Waals surface area contributed by atoms with Crippen LogP contribution in [-0.2, 0) is 16.1 Å². The number of methoxy groups -OCH3 is 1. The second kappa shape index (κ2) is 8.55. The van der Waals surface area contributed by atoms with Gasteiger partial charge in [-0.3, -0.25) is 9.59 Å². The molecule has 3 aromatic rings. The van der Waals surface area contributed by atoms with Crippen molar-refractivity contribution in [1.82, 2.24) is 14.7 Å². The van der Waals surface area contributed by atoms with Crippen molar-refractivity contribution in [3.05, 3.63) is 65.1 Å². The second-order valence-corrected chi connectivity index (χ2v) is 6.15. The number of ether oxygens (including phenoxy) is 2. The largest absolute Gasteiger partial charge is 0.496 e. The van der Waals surface area contributed by atoms with E-state index in [1.807, 2.05) is 0 Å². The molecule has 0 saturated carbocycles. The molecule has 0 fully saturated rings. The highest BCUT2D eigenvalue weighted by Crippen LogP contribution is 2.16. The van der Waals surface area contributed by atoms with E-state index in [1.54, 1.807) is 53.2 Å². The number of pyridine rings is 1. The van der Waals surface area contributed by atoms with Crippen molar-refractivity contribution in [3.8, 4) is 5.75 Å². The fraction of sp³-hybridized carbons (Fsp3) is 0.211. The van der Waals surface area contributed by atoms with Crippen LogP contribution in [0.4, 0.5) is 0 Å². The first-order valence-electron chi connectivity index (χ1n) is 8.27. The summed E-state index contributed by atoms with van der Waals surface area (Å²) in [5.74, 6) is -0.257. The van der Waals surface area contributed by atoms with E-state index in [4.69, 9.17) is 21.1 Å². The van der Waals surface area contributed by atoms with Gasteiger partial charge in [-0.25, -0.2) is 4.98 Å². The lowest BCUT2D eigenvalue weighted by molar-refractivity contribution is -0.144. The summed E-state index contributed by atoms with van der Waals surface area (Å²) in [6.07, 6.45) is 3.53. The highest BCUT2D eigenvalue weighted by molar-refractivity contribution is 6.30. The second-order valence-electron chi connectivity index (χ2n) is 5.71. The Kier molecular flexibility index (Phi) is 5.93. The third-order valence-electron chi connectivity index (χ3n) is 3.81. The first-order chi connectivity index (χ1) is 13.1. The van der Waals surface area contributed by atoms with Crippen LogP contribution < -0.4 is 10.1 Å². The van der Waals surface area contributed by atoms with Gasteiger partial charge in [0.25, 0.3) is 5.91 Å². The predicted octanol–water partition coefficient (Wildman–Crippen LogP) is 2.86. The molecule has 27 heavy (non-hydrogen) atoms. The fourth-order valence-electron chi connectivity index (χ4n) is 2.52. The SMILES string of the molecule is COc1ccccc1C(=O)NCCC(=O)OCc1cn2cc(Cl)ccc2n1. The van der Waals surface area contributed by atoms with Crippen LogP contribution >= 0.6 is 11.6 Å². The van der Waals surface area contributed by atoms with Gasteiger partial charge in [0.1, 0.15) is 18.0 Å². The van der Waals surface area contributed by atoms with Crippen LogP contribution in [0.5, 0.6) is 5.75 Å². The Morgan fingerprint density at radius 2 is 2.00 bits per heavy atom. The maximum atomic E-state index is 12.1.